The number of anilines is 1. The first kappa shape index (κ1) is 20.4. The fraction of sp³-hybridized carbons (Fsp3) is 0.455. The highest BCUT2D eigenvalue weighted by molar-refractivity contribution is 9.10. The fourth-order valence-electron chi connectivity index (χ4n) is 5.65. The summed E-state index contributed by atoms with van der Waals surface area (Å²) in [6.45, 7) is 3.17. The van der Waals surface area contributed by atoms with Gasteiger partial charge in [0.2, 0.25) is 5.62 Å². The molecule has 1 saturated heterocycles. The molecule has 1 fully saturated rings. The third kappa shape index (κ3) is 2.69. The zero-order chi connectivity index (χ0) is 22.1. The molecule has 162 valence electrons. The number of rotatable bonds is 3. The number of aromatic nitrogens is 4. The molecular weight excluding hydrogens is 458 g/mol. The Hall–Kier alpha value is -2.52. The molecular formula is C22H26BrN7O. The van der Waals surface area contributed by atoms with E-state index in [0.29, 0.717) is 11.2 Å². The Bertz CT molecular complexity index is 1330. The van der Waals surface area contributed by atoms with Gasteiger partial charge in [-0.25, -0.2) is 9.97 Å². The zero-order valence-corrected chi connectivity index (χ0v) is 19.7. The molecule has 0 spiro atoms. The summed E-state index contributed by atoms with van der Waals surface area (Å²) in [5.74, 6) is 0.0972. The third-order valence-corrected chi connectivity index (χ3v) is 7.69. The first-order chi connectivity index (χ1) is 14.8. The number of fused-ring (bicyclic) bond motifs is 4. The van der Waals surface area contributed by atoms with Crippen LogP contribution >= 0.6 is 15.9 Å². The van der Waals surface area contributed by atoms with E-state index in [9.17, 15) is 4.79 Å². The van der Waals surface area contributed by atoms with Gasteiger partial charge in [0, 0.05) is 42.1 Å². The second kappa shape index (κ2) is 7.00. The van der Waals surface area contributed by atoms with Gasteiger partial charge in [0.15, 0.2) is 11.2 Å². The van der Waals surface area contributed by atoms with E-state index in [1.165, 1.54) is 10.1 Å². The molecule has 8 nitrogen and oxygen atoms in total. The van der Waals surface area contributed by atoms with E-state index in [2.05, 4.69) is 63.3 Å². The Morgan fingerprint density at radius 3 is 2.84 bits per heavy atom. The van der Waals surface area contributed by atoms with Gasteiger partial charge in [-0.15, -0.1) is 0 Å². The van der Waals surface area contributed by atoms with Crippen LogP contribution < -0.4 is 16.5 Å². The molecule has 3 atom stereocenters. The van der Waals surface area contributed by atoms with Crippen molar-refractivity contribution in [2.75, 3.05) is 18.9 Å². The molecule has 2 aromatic heterocycles. The number of likely N-dealkylation sites (tertiary alicyclic amines) is 1. The predicted molar refractivity (Wildman–Crippen MR) is 123 cm³/mol. The molecule has 2 aliphatic rings. The lowest BCUT2D eigenvalue weighted by atomic mass is 9.67. The van der Waals surface area contributed by atoms with Crippen molar-refractivity contribution in [1.82, 2.24) is 24.0 Å². The van der Waals surface area contributed by atoms with Gasteiger partial charge in [-0.05, 0) is 37.6 Å². The first-order valence-electron chi connectivity index (χ1n) is 10.5. The predicted octanol–water partition coefficient (Wildman–Crippen LogP) is 2.43. The van der Waals surface area contributed by atoms with Crippen LogP contribution in [0.5, 0.6) is 0 Å². The van der Waals surface area contributed by atoms with E-state index in [1.807, 2.05) is 0 Å². The summed E-state index contributed by atoms with van der Waals surface area (Å²) >= 11 is 3.60. The number of benzene rings is 1. The van der Waals surface area contributed by atoms with E-state index >= 15 is 0 Å². The summed E-state index contributed by atoms with van der Waals surface area (Å²) in [4.78, 5) is 24.8. The Morgan fingerprint density at radius 2 is 2.10 bits per heavy atom. The Kier molecular flexibility index (Phi) is 4.60. The zero-order valence-electron chi connectivity index (χ0n) is 18.1. The fourth-order valence-corrected chi connectivity index (χ4v) is 6.01. The number of hydrogen-bond donors (Lipinski definition) is 2. The van der Waals surface area contributed by atoms with Gasteiger partial charge in [0.1, 0.15) is 0 Å². The quantitative estimate of drug-likeness (QED) is 0.596. The van der Waals surface area contributed by atoms with Crippen molar-refractivity contribution in [2.45, 2.75) is 37.3 Å². The van der Waals surface area contributed by atoms with Gasteiger partial charge in [0.05, 0.1) is 18.1 Å². The average Bonchev–Trinajstić information content (AvgIpc) is 3.25. The smallest absolute Gasteiger partial charge is 0.282 e. The summed E-state index contributed by atoms with van der Waals surface area (Å²) in [5, 5.41) is 11.9. The van der Waals surface area contributed by atoms with Gasteiger partial charge < -0.3 is 5.32 Å². The Morgan fingerprint density at radius 1 is 1.32 bits per heavy atom. The molecule has 0 amide bonds. The van der Waals surface area contributed by atoms with Gasteiger partial charge in [-0.2, -0.15) is 0 Å². The number of nitrogens with zero attached hydrogens (tertiary/aromatic N) is 5. The minimum atomic E-state index is -0.284. The molecule has 0 unspecified atom stereocenters. The highest BCUT2D eigenvalue weighted by Gasteiger charge is 2.57. The van der Waals surface area contributed by atoms with Crippen LogP contribution in [0.15, 0.2) is 33.7 Å². The molecule has 2 aliphatic heterocycles. The lowest BCUT2D eigenvalue weighted by molar-refractivity contribution is 0.247. The molecule has 31 heavy (non-hydrogen) atoms. The summed E-state index contributed by atoms with van der Waals surface area (Å²) in [6.07, 6.45) is 3.85. The maximum absolute atomic E-state index is 12.9. The number of likely N-dealkylation sites (N-methyl/N-ethyl adjacent to an activating group) is 1. The summed E-state index contributed by atoms with van der Waals surface area (Å²) < 4.78 is 3.97. The van der Waals surface area contributed by atoms with Crippen LogP contribution in [-0.4, -0.2) is 43.8 Å². The molecule has 3 aromatic rings. The maximum atomic E-state index is 12.9. The second-order valence-electron chi connectivity index (χ2n) is 8.68. The standard InChI is InChI=1S/C22H26BrN7O/c1-5-13(16-11-25-18-17(26-16)19(31)30(4)21(24)29(18)3)22-8-9-28(2)20(22)27-15-10-12(23)6-7-14(15)22/h6-7,10-11,13,20,24,27H,5,8-9H2,1-4H3/t13-,20-,22+/m0/s1. The lowest BCUT2D eigenvalue weighted by Crippen LogP contribution is -2.45. The van der Waals surface area contributed by atoms with Crippen molar-refractivity contribution < 1.29 is 0 Å². The maximum Gasteiger partial charge on any atom is 0.282 e. The van der Waals surface area contributed by atoms with Crippen LogP contribution in [0, 0.1) is 5.41 Å². The second-order valence-corrected chi connectivity index (χ2v) is 9.60. The van der Waals surface area contributed by atoms with Crippen molar-refractivity contribution in [3.05, 3.63) is 56.1 Å². The van der Waals surface area contributed by atoms with Crippen LogP contribution in [0.2, 0.25) is 0 Å². The monoisotopic (exact) mass is 483 g/mol. The molecule has 9 heteroatoms. The number of hydrogen-bond acceptors (Lipinski definition) is 6. The molecule has 0 bridgehead atoms. The van der Waals surface area contributed by atoms with E-state index < -0.39 is 0 Å². The third-order valence-electron chi connectivity index (χ3n) is 7.20. The number of halogens is 1. The minimum Gasteiger partial charge on any atom is -0.369 e. The molecule has 2 N–H and O–H groups in total. The summed E-state index contributed by atoms with van der Waals surface area (Å²) in [6, 6.07) is 6.47. The van der Waals surface area contributed by atoms with Crippen LogP contribution in [0.4, 0.5) is 5.69 Å². The SMILES string of the molecule is CC[C@@H](c1cnc2c(n1)c(=O)n(C)c(=N)n2C)[C@@]12CCN(C)[C@@H]1Nc1cc(Br)ccc12. The van der Waals surface area contributed by atoms with E-state index in [4.69, 9.17) is 10.4 Å². The van der Waals surface area contributed by atoms with Crippen LogP contribution in [0.3, 0.4) is 0 Å². The van der Waals surface area contributed by atoms with E-state index in [0.717, 1.165) is 35.2 Å². The number of nitrogens with one attached hydrogen (secondary N) is 2. The highest BCUT2D eigenvalue weighted by Crippen LogP contribution is 2.56. The molecule has 1 aromatic carbocycles. The Balaban J connectivity index is 1.74. The van der Waals surface area contributed by atoms with Crippen LogP contribution in [0.1, 0.15) is 36.9 Å². The largest absolute Gasteiger partial charge is 0.369 e. The molecule has 0 radical (unpaired) electrons. The molecule has 0 saturated carbocycles. The van der Waals surface area contributed by atoms with Crippen molar-refractivity contribution >= 4 is 32.8 Å². The molecule has 5 rings (SSSR count). The van der Waals surface area contributed by atoms with E-state index in [-0.39, 0.29) is 28.7 Å². The number of aryl methyl sites for hydroxylation is 1. The van der Waals surface area contributed by atoms with Gasteiger partial charge in [-0.1, -0.05) is 28.9 Å². The topological polar surface area (TPSA) is 91.8 Å². The van der Waals surface area contributed by atoms with Crippen molar-refractivity contribution in [2.24, 2.45) is 14.1 Å². The van der Waals surface area contributed by atoms with Crippen LogP contribution in [0.25, 0.3) is 11.2 Å². The Labute approximate surface area is 188 Å². The lowest BCUT2D eigenvalue weighted by Gasteiger charge is -2.38. The normalized spacial score (nSPS) is 23.6. The van der Waals surface area contributed by atoms with Gasteiger partial charge >= 0.3 is 0 Å². The molecule has 4 heterocycles. The highest BCUT2D eigenvalue weighted by atomic mass is 79.9. The van der Waals surface area contributed by atoms with Crippen molar-refractivity contribution in [3.63, 3.8) is 0 Å². The van der Waals surface area contributed by atoms with Gasteiger partial charge in [-0.3, -0.25) is 24.2 Å². The van der Waals surface area contributed by atoms with Gasteiger partial charge in [0.25, 0.3) is 5.56 Å². The average molecular weight is 484 g/mol. The summed E-state index contributed by atoms with van der Waals surface area (Å²) in [7, 11) is 5.50. The van der Waals surface area contributed by atoms with Crippen LogP contribution in [-0.2, 0) is 19.5 Å². The first-order valence-corrected chi connectivity index (χ1v) is 11.3. The van der Waals surface area contributed by atoms with Crippen molar-refractivity contribution in [1.29, 1.82) is 5.41 Å². The van der Waals surface area contributed by atoms with E-state index in [1.54, 1.807) is 24.9 Å². The van der Waals surface area contributed by atoms with Crippen molar-refractivity contribution in [3.8, 4) is 0 Å². The minimum absolute atomic E-state index is 0.0972. The molecule has 0 aliphatic carbocycles. The summed E-state index contributed by atoms with van der Waals surface area (Å²) in [5.41, 5.74) is 3.72.